The zero-order valence-corrected chi connectivity index (χ0v) is 10.1. The lowest BCUT2D eigenvalue weighted by Gasteiger charge is -2.12. The molecule has 0 radical (unpaired) electrons. The first-order chi connectivity index (χ1) is 8.20. The first kappa shape index (κ1) is 11.8. The quantitative estimate of drug-likeness (QED) is 0.416. The first-order valence-corrected chi connectivity index (χ1v) is 5.48. The molecule has 1 heterocycles. The van der Waals surface area contributed by atoms with Crippen LogP contribution in [0.15, 0.2) is 37.4 Å². The second kappa shape index (κ2) is 5.08. The van der Waals surface area contributed by atoms with Crippen molar-refractivity contribution in [3.8, 4) is 0 Å². The molecule has 0 N–H and O–H groups in total. The Morgan fingerprint density at radius 2 is 2.06 bits per heavy atom. The van der Waals surface area contributed by atoms with Gasteiger partial charge in [-0.25, -0.2) is 0 Å². The maximum Gasteiger partial charge on any atom is 0.339 e. The summed E-state index contributed by atoms with van der Waals surface area (Å²) >= 11 is 12.0. The van der Waals surface area contributed by atoms with E-state index in [1.807, 2.05) is 0 Å². The summed E-state index contributed by atoms with van der Waals surface area (Å²) in [6.07, 6.45) is 4.65. The molecule has 86 valence electrons. The van der Waals surface area contributed by atoms with Crippen LogP contribution in [-0.2, 0) is 0 Å². The summed E-state index contributed by atoms with van der Waals surface area (Å²) in [5, 5.41) is 21.0. The third kappa shape index (κ3) is 2.70. The fourth-order valence-electron chi connectivity index (χ4n) is 1.33. The Balaban J connectivity index is 2.29. The van der Waals surface area contributed by atoms with Crippen LogP contribution < -0.4 is 0 Å². The summed E-state index contributed by atoms with van der Waals surface area (Å²) in [7, 11) is 0. The largest absolute Gasteiger partial charge is 0.339 e. The molecular formula is C9H7Cl2N6+. The van der Waals surface area contributed by atoms with Gasteiger partial charge in [0.25, 0.3) is 5.39 Å². The monoisotopic (exact) mass is 269 g/mol. The van der Waals surface area contributed by atoms with Crippen LogP contribution in [0.4, 0.5) is 0 Å². The van der Waals surface area contributed by atoms with Gasteiger partial charge < -0.3 is 0 Å². The molecule has 0 aromatic carbocycles. The van der Waals surface area contributed by atoms with Crippen molar-refractivity contribution >= 4 is 41.0 Å². The Hall–Kier alpha value is -1.71. The summed E-state index contributed by atoms with van der Waals surface area (Å²) in [6, 6.07) is 0. The fourth-order valence-corrected chi connectivity index (χ4v) is 1.88. The second-order valence-electron chi connectivity index (χ2n) is 3.23. The normalized spacial score (nSPS) is 18.8. The van der Waals surface area contributed by atoms with E-state index in [9.17, 15) is 0 Å². The molecule has 0 unspecified atom stereocenters. The van der Waals surface area contributed by atoms with Crippen molar-refractivity contribution in [1.82, 2.24) is 5.01 Å². The SMILES string of the molecule is N#[N+]N=C1C=C(Cl)C(=NN2C=NCC2)C(Cl)=C1. The van der Waals surface area contributed by atoms with Gasteiger partial charge in [0, 0.05) is 0 Å². The van der Waals surface area contributed by atoms with E-state index in [2.05, 4.69) is 20.3 Å². The Labute approximate surface area is 107 Å². The number of rotatable bonds is 1. The van der Waals surface area contributed by atoms with E-state index in [-0.39, 0.29) is 0 Å². The van der Waals surface area contributed by atoms with Crippen molar-refractivity contribution in [3.05, 3.63) is 27.3 Å². The van der Waals surface area contributed by atoms with Crippen LogP contribution in [0.2, 0.25) is 0 Å². The molecular weight excluding hydrogens is 263 g/mol. The highest BCUT2D eigenvalue weighted by molar-refractivity contribution is 6.58. The molecule has 0 spiro atoms. The number of hydrogen-bond acceptors (Lipinski definition) is 5. The van der Waals surface area contributed by atoms with E-state index >= 15 is 0 Å². The highest BCUT2D eigenvalue weighted by Crippen LogP contribution is 2.22. The topological polar surface area (TPSA) is 68.5 Å². The highest BCUT2D eigenvalue weighted by atomic mass is 35.5. The average molecular weight is 270 g/mol. The molecule has 17 heavy (non-hydrogen) atoms. The van der Waals surface area contributed by atoms with Gasteiger partial charge in [0.05, 0.1) is 23.2 Å². The lowest BCUT2D eigenvalue weighted by Crippen LogP contribution is -2.18. The van der Waals surface area contributed by atoms with E-state index in [0.717, 1.165) is 0 Å². The van der Waals surface area contributed by atoms with Gasteiger partial charge in [-0.3, -0.25) is 10.0 Å². The number of nitrogens with zero attached hydrogens (tertiary/aromatic N) is 6. The zero-order chi connectivity index (χ0) is 12.3. The summed E-state index contributed by atoms with van der Waals surface area (Å²) in [5.74, 6) is 0. The molecule has 0 aromatic heterocycles. The Bertz CT molecular complexity index is 498. The number of halogens is 2. The summed E-state index contributed by atoms with van der Waals surface area (Å²) in [6.45, 7) is 1.40. The third-order valence-corrected chi connectivity index (χ3v) is 2.64. The highest BCUT2D eigenvalue weighted by Gasteiger charge is 2.19. The Kier molecular flexibility index (Phi) is 3.52. The predicted molar refractivity (Wildman–Crippen MR) is 67.9 cm³/mol. The van der Waals surface area contributed by atoms with Crippen LogP contribution in [0.5, 0.6) is 0 Å². The predicted octanol–water partition coefficient (Wildman–Crippen LogP) is 2.15. The molecule has 0 atom stereocenters. The molecule has 0 aromatic rings. The van der Waals surface area contributed by atoms with Gasteiger partial charge in [-0.2, -0.15) is 5.10 Å². The fraction of sp³-hybridized carbons (Fsp3) is 0.222. The molecule has 8 heteroatoms. The van der Waals surface area contributed by atoms with Crippen molar-refractivity contribution in [3.63, 3.8) is 0 Å². The summed E-state index contributed by atoms with van der Waals surface area (Å²) in [4.78, 5) is 4.02. The van der Waals surface area contributed by atoms with Crippen molar-refractivity contribution in [2.75, 3.05) is 13.1 Å². The van der Waals surface area contributed by atoms with Crippen molar-refractivity contribution in [2.45, 2.75) is 0 Å². The number of allylic oxidation sites excluding steroid dienone is 4. The van der Waals surface area contributed by atoms with Gasteiger partial charge in [0.2, 0.25) is 0 Å². The van der Waals surface area contributed by atoms with Crippen molar-refractivity contribution in [2.24, 2.45) is 15.2 Å². The maximum absolute atomic E-state index is 8.32. The molecule has 2 rings (SSSR count). The van der Waals surface area contributed by atoms with Crippen LogP contribution in [-0.4, -0.2) is 35.9 Å². The average Bonchev–Trinajstić information content (AvgIpc) is 2.76. The summed E-state index contributed by atoms with van der Waals surface area (Å²) in [5.41, 5.74) is 0.801. The number of hydrogen-bond donors (Lipinski definition) is 0. The van der Waals surface area contributed by atoms with E-state index in [4.69, 9.17) is 28.6 Å². The van der Waals surface area contributed by atoms with Crippen LogP contribution in [0.1, 0.15) is 0 Å². The van der Waals surface area contributed by atoms with Gasteiger partial charge in [0.1, 0.15) is 12.1 Å². The van der Waals surface area contributed by atoms with Gasteiger partial charge in [0.15, 0.2) is 10.8 Å². The number of aliphatic imine (C=N–C) groups is 1. The zero-order valence-electron chi connectivity index (χ0n) is 8.59. The number of hydrazone groups is 1. The molecule has 0 saturated carbocycles. The third-order valence-electron chi connectivity index (χ3n) is 2.06. The van der Waals surface area contributed by atoms with E-state index in [0.29, 0.717) is 34.6 Å². The molecule has 0 amide bonds. The molecule has 6 nitrogen and oxygen atoms in total. The molecule has 0 bridgehead atoms. The smallest absolute Gasteiger partial charge is 0.272 e. The molecule has 2 aliphatic rings. The van der Waals surface area contributed by atoms with Crippen molar-refractivity contribution < 1.29 is 0 Å². The minimum absolute atomic E-state index is 0.334. The molecule has 1 aliphatic carbocycles. The lowest BCUT2D eigenvalue weighted by molar-refractivity contribution is 0.501. The van der Waals surface area contributed by atoms with Gasteiger partial charge in [-0.05, 0) is 12.2 Å². The van der Waals surface area contributed by atoms with E-state index in [1.54, 1.807) is 11.3 Å². The molecule has 0 fully saturated rings. The van der Waals surface area contributed by atoms with Gasteiger partial charge >= 0.3 is 5.08 Å². The Morgan fingerprint density at radius 1 is 1.35 bits per heavy atom. The van der Waals surface area contributed by atoms with E-state index < -0.39 is 0 Å². The van der Waals surface area contributed by atoms with Gasteiger partial charge in [-0.1, -0.05) is 23.2 Å². The first-order valence-electron chi connectivity index (χ1n) is 4.73. The standard InChI is InChI=1S/C9H7Cl2N6/c10-7-3-6(14-16-12)4-8(11)9(7)15-17-2-1-13-5-17/h3-5H,1-2H2/q+1. The van der Waals surface area contributed by atoms with Crippen LogP contribution in [0.3, 0.4) is 0 Å². The second-order valence-corrected chi connectivity index (χ2v) is 4.05. The molecule has 1 aliphatic heterocycles. The van der Waals surface area contributed by atoms with E-state index in [1.165, 1.54) is 12.2 Å². The van der Waals surface area contributed by atoms with Crippen LogP contribution >= 0.6 is 23.2 Å². The minimum Gasteiger partial charge on any atom is -0.272 e. The Morgan fingerprint density at radius 3 is 2.59 bits per heavy atom. The van der Waals surface area contributed by atoms with Crippen molar-refractivity contribution in [1.29, 1.82) is 5.39 Å². The lowest BCUT2D eigenvalue weighted by atomic mass is 10.1. The maximum atomic E-state index is 8.32. The summed E-state index contributed by atoms with van der Waals surface area (Å²) < 4.78 is 0. The van der Waals surface area contributed by atoms with Gasteiger partial charge in [-0.15, -0.1) is 0 Å². The van der Waals surface area contributed by atoms with Crippen LogP contribution in [0.25, 0.3) is 5.08 Å². The van der Waals surface area contributed by atoms with Crippen LogP contribution in [0, 0.1) is 5.39 Å². The minimum atomic E-state index is 0.334. The number of diazo groups is 1. The molecule has 0 saturated heterocycles.